The lowest BCUT2D eigenvalue weighted by Gasteiger charge is -2.38. The summed E-state index contributed by atoms with van der Waals surface area (Å²) in [7, 11) is 0. The van der Waals surface area contributed by atoms with Crippen LogP contribution in [0.25, 0.3) is 16.9 Å². The standard InChI is InChI=1S/C23H29FN4O2/c1-23(2,3)30-22(29)27-14-12-26(13-15-27)16-19-21(17-7-9-18(24)10-8-17)25-20-6-4-5-11-28(19)20/h4-11,22,29H,12-16H2,1-3H3. The Hall–Kier alpha value is -2.32. The van der Waals surface area contributed by atoms with E-state index < -0.39 is 12.0 Å². The largest absolute Gasteiger partial charge is 0.356 e. The topological polar surface area (TPSA) is 53.2 Å². The van der Waals surface area contributed by atoms with Gasteiger partial charge in [0.15, 0.2) is 0 Å². The molecular weight excluding hydrogens is 383 g/mol. The predicted octanol–water partition coefficient (Wildman–Crippen LogP) is 3.35. The number of aromatic nitrogens is 2. The summed E-state index contributed by atoms with van der Waals surface area (Å²) in [6.45, 7) is 9.61. The van der Waals surface area contributed by atoms with Gasteiger partial charge in [0.25, 0.3) is 0 Å². The van der Waals surface area contributed by atoms with Gasteiger partial charge in [-0.3, -0.25) is 9.80 Å². The smallest absolute Gasteiger partial charge is 0.216 e. The highest BCUT2D eigenvalue weighted by molar-refractivity contribution is 5.66. The molecule has 0 saturated carbocycles. The van der Waals surface area contributed by atoms with Crippen LogP contribution < -0.4 is 0 Å². The second kappa shape index (κ2) is 8.43. The molecule has 3 heterocycles. The number of pyridine rings is 1. The summed E-state index contributed by atoms with van der Waals surface area (Å²) >= 11 is 0. The van der Waals surface area contributed by atoms with Crippen LogP contribution in [-0.4, -0.2) is 62.5 Å². The maximum Gasteiger partial charge on any atom is 0.216 e. The summed E-state index contributed by atoms with van der Waals surface area (Å²) in [5.74, 6) is -0.254. The summed E-state index contributed by atoms with van der Waals surface area (Å²) < 4.78 is 21.2. The SMILES string of the molecule is CC(C)(C)OC(O)N1CCN(Cc2c(-c3ccc(F)cc3)nc3ccccn23)CC1. The molecule has 0 radical (unpaired) electrons. The fourth-order valence-electron chi connectivity index (χ4n) is 3.78. The minimum Gasteiger partial charge on any atom is -0.356 e. The van der Waals surface area contributed by atoms with Gasteiger partial charge in [-0.15, -0.1) is 0 Å². The highest BCUT2D eigenvalue weighted by Gasteiger charge is 2.27. The number of halogens is 1. The van der Waals surface area contributed by atoms with Crippen LogP contribution in [0, 0.1) is 5.82 Å². The van der Waals surface area contributed by atoms with Crippen LogP contribution in [-0.2, 0) is 11.3 Å². The van der Waals surface area contributed by atoms with Gasteiger partial charge < -0.3 is 14.2 Å². The number of hydrogen-bond acceptors (Lipinski definition) is 5. The van der Waals surface area contributed by atoms with Gasteiger partial charge in [0, 0.05) is 44.5 Å². The van der Waals surface area contributed by atoms with Crippen LogP contribution >= 0.6 is 0 Å². The molecule has 0 spiro atoms. The number of benzene rings is 1. The summed E-state index contributed by atoms with van der Waals surface area (Å²) in [5, 5.41) is 10.3. The summed E-state index contributed by atoms with van der Waals surface area (Å²) in [6.07, 6.45) is 1.12. The second-order valence-electron chi connectivity index (χ2n) is 8.71. The molecule has 6 nitrogen and oxygen atoms in total. The predicted molar refractivity (Wildman–Crippen MR) is 114 cm³/mol. The molecule has 3 aromatic rings. The lowest BCUT2D eigenvalue weighted by atomic mass is 10.1. The van der Waals surface area contributed by atoms with E-state index in [0.717, 1.165) is 55.3 Å². The first-order valence-corrected chi connectivity index (χ1v) is 10.3. The van der Waals surface area contributed by atoms with Crippen molar-refractivity contribution in [2.45, 2.75) is 39.3 Å². The van der Waals surface area contributed by atoms with Crippen molar-refractivity contribution < 1.29 is 14.2 Å². The van der Waals surface area contributed by atoms with Crippen LogP contribution in [0.5, 0.6) is 0 Å². The molecule has 0 aliphatic carbocycles. The van der Waals surface area contributed by atoms with Gasteiger partial charge in [0.05, 0.1) is 17.0 Å². The lowest BCUT2D eigenvalue weighted by Crippen LogP contribution is -2.52. The first-order chi connectivity index (χ1) is 14.3. The van der Waals surface area contributed by atoms with Crippen molar-refractivity contribution in [2.24, 2.45) is 0 Å². The minimum absolute atomic E-state index is 0.254. The van der Waals surface area contributed by atoms with Gasteiger partial charge in [-0.1, -0.05) is 6.07 Å². The maximum atomic E-state index is 13.4. The van der Waals surface area contributed by atoms with Gasteiger partial charge in [-0.25, -0.2) is 9.37 Å². The fourth-order valence-corrected chi connectivity index (χ4v) is 3.78. The van der Waals surface area contributed by atoms with Gasteiger partial charge in [0.2, 0.25) is 6.41 Å². The molecule has 2 aromatic heterocycles. The third-order valence-corrected chi connectivity index (χ3v) is 5.30. The van der Waals surface area contributed by atoms with Gasteiger partial charge in [0.1, 0.15) is 11.5 Å². The van der Waals surface area contributed by atoms with Gasteiger partial charge in [-0.05, 0) is 57.2 Å². The van der Waals surface area contributed by atoms with Crippen LogP contribution in [0.3, 0.4) is 0 Å². The van der Waals surface area contributed by atoms with Crippen LogP contribution in [0.1, 0.15) is 26.5 Å². The Morgan fingerprint density at radius 3 is 2.43 bits per heavy atom. The minimum atomic E-state index is -0.891. The summed E-state index contributed by atoms with van der Waals surface area (Å²) in [5.41, 5.74) is 3.34. The molecule has 1 atom stereocenters. The van der Waals surface area contributed by atoms with E-state index >= 15 is 0 Å². The Labute approximate surface area is 176 Å². The van der Waals surface area contributed by atoms with E-state index in [4.69, 9.17) is 9.72 Å². The first kappa shape index (κ1) is 20.9. The molecule has 0 amide bonds. The molecule has 0 bridgehead atoms. The van der Waals surface area contributed by atoms with Crippen molar-refractivity contribution in [3.8, 4) is 11.3 Å². The number of aliphatic hydroxyl groups excluding tert-OH is 1. The zero-order valence-electron chi connectivity index (χ0n) is 17.8. The van der Waals surface area contributed by atoms with Gasteiger partial charge >= 0.3 is 0 Å². The third kappa shape index (κ3) is 4.70. The molecular formula is C23H29FN4O2. The third-order valence-electron chi connectivity index (χ3n) is 5.30. The number of hydrogen-bond donors (Lipinski definition) is 1. The van der Waals surface area contributed by atoms with Crippen LogP contribution in [0.4, 0.5) is 4.39 Å². The van der Waals surface area contributed by atoms with E-state index in [-0.39, 0.29) is 5.82 Å². The van der Waals surface area contributed by atoms with E-state index in [1.807, 2.05) is 50.1 Å². The monoisotopic (exact) mass is 412 g/mol. The number of aliphatic hydroxyl groups is 1. The molecule has 1 N–H and O–H groups in total. The second-order valence-corrected chi connectivity index (χ2v) is 8.71. The molecule has 1 unspecified atom stereocenters. The molecule has 4 rings (SSSR count). The molecule has 160 valence electrons. The molecule has 1 aliphatic heterocycles. The van der Waals surface area contributed by atoms with Crippen molar-refractivity contribution in [1.29, 1.82) is 0 Å². The molecule has 30 heavy (non-hydrogen) atoms. The average Bonchev–Trinajstić information content (AvgIpc) is 3.06. The molecule has 1 fully saturated rings. The molecule has 7 heteroatoms. The van der Waals surface area contributed by atoms with E-state index in [2.05, 4.69) is 9.30 Å². The normalized spacial score (nSPS) is 17.5. The Balaban J connectivity index is 1.52. The Morgan fingerprint density at radius 2 is 1.77 bits per heavy atom. The van der Waals surface area contributed by atoms with Crippen LogP contribution in [0.15, 0.2) is 48.7 Å². The van der Waals surface area contributed by atoms with E-state index in [1.54, 1.807) is 12.1 Å². The molecule has 1 saturated heterocycles. The Bertz CT molecular complexity index is 989. The van der Waals surface area contributed by atoms with E-state index in [1.165, 1.54) is 12.1 Å². The van der Waals surface area contributed by atoms with Crippen molar-refractivity contribution in [3.63, 3.8) is 0 Å². The number of piperazine rings is 1. The number of ether oxygens (including phenoxy) is 1. The zero-order chi connectivity index (χ0) is 21.3. The number of nitrogens with zero attached hydrogens (tertiary/aromatic N) is 4. The van der Waals surface area contributed by atoms with Crippen molar-refractivity contribution >= 4 is 5.65 Å². The number of imidazole rings is 1. The lowest BCUT2D eigenvalue weighted by molar-refractivity contribution is -0.244. The van der Waals surface area contributed by atoms with E-state index in [9.17, 15) is 9.50 Å². The number of fused-ring (bicyclic) bond motifs is 1. The average molecular weight is 413 g/mol. The Morgan fingerprint density at radius 1 is 1.07 bits per heavy atom. The van der Waals surface area contributed by atoms with Crippen molar-refractivity contribution in [3.05, 3.63) is 60.2 Å². The molecule has 1 aromatic carbocycles. The summed E-state index contributed by atoms with van der Waals surface area (Å²) in [4.78, 5) is 9.11. The summed E-state index contributed by atoms with van der Waals surface area (Å²) in [6, 6.07) is 12.4. The quantitative estimate of drug-likeness (QED) is 0.652. The van der Waals surface area contributed by atoms with Crippen molar-refractivity contribution in [1.82, 2.24) is 19.2 Å². The van der Waals surface area contributed by atoms with Gasteiger partial charge in [-0.2, -0.15) is 0 Å². The van der Waals surface area contributed by atoms with Crippen molar-refractivity contribution in [2.75, 3.05) is 26.2 Å². The fraction of sp³-hybridized carbons (Fsp3) is 0.435. The highest BCUT2D eigenvalue weighted by atomic mass is 19.1. The van der Waals surface area contributed by atoms with E-state index in [0.29, 0.717) is 0 Å². The zero-order valence-corrected chi connectivity index (χ0v) is 17.8. The van der Waals surface area contributed by atoms with Crippen LogP contribution in [0.2, 0.25) is 0 Å². The number of rotatable bonds is 5. The Kier molecular flexibility index (Phi) is 5.88. The highest BCUT2D eigenvalue weighted by Crippen LogP contribution is 2.26. The maximum absolute atomic E-state index is 13.4. The molecule has 1 aliphatic rings. The first-order valence-electron chi connectivity index (χ1n) is 10.3.